The zero-order valence-corrected chi connectivity index (χ0v) is 23.3. The summed E-state index contributed by atoms with van der Waals surface area (Å²) in [5.74, 6) is -0.248. The van der Waals surface area contributed by atoms with Gasteiger partial charge < -0.3 is 9.88 Å². The Morgan fingerprint density at radius 2 is 1.75 bits per heavy atom. The first-order valence-electron chi connectivity index (χ1n) is 13.5. The van der Waals surface area contributed by atoms with E-state index in [1.807, 2.05) is 57.3 Å². The minimum atomic E-state index is -0.365. The summed E-state index contributed by atoms with van der Waals surface area (Å²) < 4.78 is 17.5. The molecular formula is C31H33FN6O2. The number of nitrogens with zero attached hydrogens (tertiary/aromatic N) is 4. The predicted molar refractivity (Wildman–Crippen MR) is 155 cm³/mol. The van der Waals surface area contributed by atoms with E-state index in [1.54, 1.807) is 22.8 Å². The third-order valence-corrected chi connectivity index (χ3v) is 6.81. The zero-order chi connectivity index (χ0) is 28.6. The summed E-state index contributed by atoms with van der Waals surface area (Å²) in [5.41, 5.74) is 4.63. The molecular weight excluding hydrogens is 507 g/mol. The maximum absolute atomic E-state index is 13.8. The third-order valence-electron chi connectivity index (χ3n) is 6.81. The van der Waals surface area contributed by atoms with Crippen molar-refractivity contribution >= 4 is 34.3 Å². The van der Waals surface area contributed by atoms with Gasteiger partial charge in [0.15, 0.2) is 5.65 Å². The lowest BCUT2D eigenvalue weighted by atomic mass is 10.0. The maximum Gasteiger partial charge on any atom is 0.253 e. The number of halogens is 1. The van der Waals surface area contributed by atoms with E-state index in [4.69, 9.17) is 0 Å². The Kier molecular flexibility index (Phi) is 7.38. The Labute approximate surface area is 232 Å². The molecule has 206 valence electrons. The standard InChI is InChI=1S/C31H33FN6O2/c1-18(2)16-37-17-26(30(40)33-20(5)21-7-6-8-24(32)13-21)25-14-22(9-10-27(25)37)23-11-12-38-28(15-23)34-31(36-38)35-29(39)19(3)4/h6-15,17-20H,16H2,1-5H3,(H,33,40)(H,35,36,39)/t20-/m0/s1. The van der Waals surface area contributed by atoms with Gasteiger partial charge in [-0.25, -0.2) is 8.91 Å². The molecule has 5 rings (SSSR count). The number of hydrogen-bond acceptors (Lipinski definition) is 4. The second kappa shape index (κ2) is 10.9. The van der Waals surface area contributed by atoms with E-state index in [2.05, 4.69) is 39.1 Å². The average Bonchev–Trinajstić information content (AvgIpc) is 3.48. The first-order valence-corrected chi connectivity index (χ1v) is 13.5. The summed E-state index contributed by atoms with van der Waals surface area (Å²) in [6.07, 6.45) is 3.69. The van der Waals surface area contributed by atoms with Gasteiger partial charge in [-0.1, -0.05) is 45.9 Å². The van der Waals surface area contributed by atoms with Crippen LogP contribution in [0.5, 0.6) is 0 Å². The van der Waals surface area contributed by atoms with E-state index in [0.717, 1.165) is 28.6 Å². The molecule has 2 amide bonds. The summed E-state index contributed by atoms with van der Waals surface area (Å²) in [6.45, 7) is 10.5. The van der Waals surface area contributed by atoms with Crippen LogP contribution in [0, 0.1) is 17.7 Å². The van der Waals surface area contributed by atoms with Crippen molar-refractivity contribution in [3.63, 3.8) is 0 Å². The molecule has 0 aliphatic heterocycles. The van der Waals surface area contributed by atoms with E-state index in [1.165, 1.54) is 12.1 Å². The van der Waals surface area contributed by atoms with Crippen molar-refractivity contribution in [1.29, 1.82) is 0 Å². The van der Waals surface area contributed by atoms with Crippen molar-refractivity contribution < 1.29 is 14.0 Å². The highest BCUT2D eigenvalue weighted by molar-refractivity contribution is 6.08. The van der Waals surface area contributed by atoms with Crippen molar-refractivity contribution in [2.24, 2.45) is 11.8 Å². The van der Waals surface area contributed by atoms with Crippen molar-refractivity contribution in [3.8, 4) is 11.1 Å². The second-order valence-electron chi connectivity index (χ2n) is 10.9. The molecule has 40 heavy (non-hydrogen) atoms. The predicted octanol–water partition coefficient (Wildman–Crippen LogP) is 6.23. The van der Waals surface area contributed by atoms with Crippen molar-refractivity contribution in [3.05, 3.63) is 83.9 Å². The van der Waals surface area contributed by atoms with Gasteiger partial charge in [0.1, 0.15) is 5.82 Å². The third kappa shape index (κ3) is 5.59. The molecule has 0 bridgehead atoms. The summed E-state index contributed by atoms with van der Waals surface area (Å²) in [6, 6.07) is 15.8. The average molecular weight is 541 g/mol. The van der Waals surface area contributed by atoms with Gasteiger partial charge in [0, 0.05) is 35.8 Å². The van der Waals surface area contributed by atoms with Crippen LogP contribution in [0.1, 0.15) is 56.6 Å². The lowest BCUT2D eigenvalue weighted by Crippen LogP contribution is -2.26. The number of benzene rings is 2. The molecule has 0 unspecified atom stereocenters. The quantitative estimate of drug-likeness (QED) is 0.244. The first kappa shape index (κ1) is 27.1. The largest absolute Gasteiger partial charge is 0.346 e. The molecule has 8 nitrogen and oxygen atoms in total. The van der Waals surface area contributed by atoms with Crippen molar-refractivity contribution in [2.45, 2.75) is 47.2 Å². The molecule has 0 spiro atoms. The number of nitrogens with one attached hydrogen (secondary N) is 2. The number of rotatable bonds is 8. The number of carbonyl (C=O) groups is 2. The van der Waals surface area contributed by atoms with Crippen molar-refractivity contribution in [2.75, 3.05) is 5.32 Å². The summed E-state index contributed by atoms with van der Waals surface area (Å²) >= 11 is 0. The van der Waals surface area contributed by atoms with Gasteiger partial charge in [-0.2, -0.15) is 4.98 Å². The van der Waals surface area contributed by atoms with Crippen molar-refractivity contribution in [1.82, 2.24) is 24.5 Å². The Morgan fingerprint density at radius 3 is 2.48 bits per heavy atom. The zero-order valence-electron chi connectivity index (χ0n) is 23.3. The first-order chi connectivity index (χ1) is 19.1. The maximum atomic E-state index is 13.8. The minimum Gasteiger partial charge on any atom is -0.346 e. The molecule has 3 aromatic heterocycles. The second-order valence-corrected chi connectivity index (χ2v) is 10.9. The summed E-state index contributed by atoms with van der Waals surface area (Å²) in [7, 11) is 0. The van der Waals surface area contributed by atoms with Gasteiger partial charge in [-0.15, -0.1) is 5.10 Å². The molecule has 3 heterocycles. The molecule has 2 aromatic carbocycles. The van der Waals surface area contributed by atoms with Crippen LogP contribution < -0.4 is 10.6 Å². The van der Waals surface area contributed by atoms with E-state index in [0.29, 0.717) is 22.7 Å². The van der Waals surface area contributed by atoms with E-state index in [9.17, 15) is 14.0 Å². The summed E-state index contributed by atoms with van der Waals surface area (Å²) in [4.78, 5) is 30.0. The van der Waals surface area contributed by atoms with Crippen LogP contribution in [-0.4, -0.2) is 31.0 Å². The number of hydrogen-bond donors (Lipinski definition) is 2. The molecule has 0 saturated heterocycles. The molecule has 1 atom stereocenters. The number of pyridine rings is 1. The van der Waals surface area contributed by atoms with E-state index >= 15 is 0 Å². The lowest BCUT2D eigenvalue weighted by molar-refractivity contribution is -0.118. The number of aromatic nitrogens is 4. The van der Waals surface area contributed by atoms with E-state index < -0.39 is 0 Å². The molecule has 0 fully saturated rings. The molecule has 0 saturated carbocycles. The molecule has 0 radical (unpaired) electrons. The van der Waals surface area contributed by atoms with Gasteiger partial charge in [0.05, 0.1) is 11.6 Å². The molecule has 2 N–H and O–H groups in total. The van der Waals surface area contributed by atoms with Gasteiger partial charge in [0.2, 0.25) is 11.9 Å². The highest BCUT2D eigenvalue weighted by Crippen LogP contribution is 2.30. The minimum absolute atomic E-state index is 0.148. The van der Waals surface area contributed by atoms with Crippen LogP contribution in [0.4, 0.5) is 10.3 Å². The van der Waals surface area contributed by atoms with Crippen LogP contribution in [0.25, 0.3) is 27.7 Å². The van der Waals surface area contributed by atoms with Crippen LogP contribution in [-0.2, 0) is 11.3 Å². The van der Waals surface area contributed by atoms with Gasteiger partial charge in [0.25, 0.3) is 5.91 Å². The van der Waals surface area contributed by atoms with Crippen LogP contribution >= 0.6 is 0 Å². The number of fused-ring (bicyclic) bond motifs is 2. The SMILES string of the molecule is CC(C)Cn1cc(C(=O)N[C@@H](C)c2cccc(F)c2)c2cc(-c3ccn4nc(NC(=O)C(C)C)nc4c3)ccc21. The fourth-order valence-corrected chi connectivity index (χ4v) is 4.70. The Bertz CT molecular complexity index is 1720. The lowest BCUT2D eigenvalue weighted by Gasteiger charge is -2.14. The Hall–Kier alpha value is -4.53. The highest BCUT2D eigenvalue weighted by Gasteiger charge is 2.19. The number of anilines is 1. The Balaban J connectivity index is 1.50. The summed E-state index contributed by atoms with van der Waals surface area (Å²) in [5, 5.41) is 10.9. The van der Waals surface area contributed by atoms with Crippen LogP contribution in [0.15, 0.2) is 67.0 Å². The van der Waals surface area contributed by atoms with Gasteiger partial charge in [-0.3, -0.25) is 14.9 Å². The number of carbonyl (C=O) groups excluding carboxylic acids is 2. The highest BCUT2D eigenvalue weighted by atomic mass is 19.1. The molecule has 0 aliphatic carbocycles. The fraction of sp³-hybridized carbons (Fsp3) is 0.290. The van der Waals surface area contributed by atoms with Gasteiger partial charge >= 0.3 is 0 Å². The number of amides is 2. The topological polar surface area (TPSA) is 93.3 Å². The molecule has 9 heteroatoms. The smallest absolute Gasteiger partial charge is 0.253 e. The van der Waals surface area contributed by atoms with Crippen LogP contribution in [0.3, 0.4) is 0 Å². The molecule has 0 aliphatic rings. The van der Waals surface area contributed by atoms with Gasteiger partial charge in [-0.05, 0) is 65.9 Å². The monoisotopic (exact) mass is 540 g/mol. The Morgan fingerprint density at radius 1 is 0.975 bits per heavy atom. The van der Waals surface area contributed by atoms with Crippen LogP contribution in [0.2, 0.25) is 0 Å². The normalized spacial score (nSPS) is 12.4. The molecule has 5 aromatic rings. The van der Waals surface area contributed by atoms with E-state index in [-0.39, 0.29) is 35.5 Å². The fourth-order valence-electron chi connectivity index (χ4n) is 4.70.